The predicted octanol–water partition coefficient (Wildman–Crippen LogP) is 3.13. The van der Waals surface area contributed by atoms with Crippen LogP contribution in [0.3, 0.4) is 0 Å². The maximum absolute atomic E-state index is 14.3. The first-order chi connectivity index (χ1) is 15.6. The van der Waals surface area contributed by atoms with E-state index in [1.165, 1.54) is 17.4 Å². The van der Waals surface area contributed by atoms with Gasteiger partial charge in [-0.3, -0.25) is 5.32 Å². The lowest BCUT2D eigenvalue weighted by Gasteiger charge is -2.35. The summed E-state index contributed by atoms with van der Waals surface area (Å²) in [6.45, 7) is 7.89. The number of benzene rings is 1. The van der Waals surface area contributed by atoms with Crippen molar-refractivity contribution in [3.05, 3.63) is 61.1 Å². The summed E-state index contributed by atoms with van der Waals surface area (Å²) in [4.78, 5) is 24.7. The lowest BCUT2D eigenvalue weighted by molar-refractivity contribution is 0.208. The topological polar surface area (TPSA) is 102 Å². The molecule has 1 aliphatic rings. The van der Waals surface area contributed by atoms with E-state index in [1.807, 2.05) is 29.2 Å². The minimum absolute atomic E-state index is 0.0388. The Bertz CT molecular complexity index is 975. The molecule has 4 rings (SSSR count). The van der Waals surface area contributed by atoms with E-state index >= 15 is 0 Å². The summed E-state index contributed by atoms with van der Waals surface area (Å²) < 4.78 is 15.3. The quantitative estimate of drug-likeness (QED) is 0.516. The van der Waals surface area contributed by atoms with E-state index in [0.717, 1.165) is 17.3 Å². The van der Waals surface area contributed by atoms with Crippen molar-refractivity contribution >= 4 is 38.5 Å². The number of amides is 2. The highest BCUT2D eigenvalue weighted by Gasteiger charge is 2.24. The summed E-state index contributed by atoms with van der Waals surface area (Å²) in [6.07, 6.45) is 1.96. The lowest BCUT2D eigenvalue weighted by Crippen LogP contribution is -2.50. The van der Waals surface area contributed by atoms with Crippen LogP contribution in [0, 0.1) is 5.82 Å². The van der Waals surface area contributed by atoms with E-state index in [4.69, 9.17) is 10.2 Å². The number of aromatic nitrogens is 2. The number of aliphatic hydroxyl groups is 2. The maximum Gasteiger partial charge on any atom is 0.323 e. The maximum atomic E-state index is 14.3. The van der Waals surface area contributed by atoms with Gasteiger partial charge in [0.25, 0.3) is 0 Å². The zero-order chi connectivity index (χ0) is 23.5. The van der Waals surface area contributed by atoms with Gasteiger partial charge >= 0.3 is 6.03 Å². The lowest BCUT2D eigenvalue weighted by atomic mass is 10.2. The Balaban J connectivity index is 0.000000860. The first-order valence-corrected chi connectivity index (χ1v) is 10.8. The second-order valence-corrected chi connectivity index (χ2v) is 7.54. The summed E-state index contributed by atoms with van der Waals surface area (Å²) in [5.74, 6) is -0.119. The Kier molecular flexibility index (Phi) is 9.99. The monoisotopic (exact) mass is 461 g/mol. The van der Waals surface area contributed by atoms with Gasteiger partial charge in [-0.2, -0.15) is 0 Å². The number of nitrogens with zero attached hydrogens (tertiary/aromatic N) is 4. The van der Waals surface area contributed by atoms with Crippen LogP contribution in [0.1, 0.15) is 5.56 Å². The summed E-state index contributed by atoms with van der Waals surface area (Å²) in [7, 11) is 1.00. The second-order valence-electron chi connectivity index (χ2n) is 6.51. The molecule has 0 radical (unpaired) electrons. The minimum atomic E-state index is -0.404. The van der Waals surface area contributed by atoms with E-state index in [1.54, 1.807) is 11.1 Å². The second kappa shape index (κ2) is 12.7. The number of hydrogen-bond acceptors (Lipinski definition) is 7. The molecule has 1 saturated heterocycles. The normalized spacial score (nSPS) is 13.0. The highest BCUT2D eigenvalue weighted by molar-refractivity contribution is 7.22. The van der Waals surface area contributed by atoms with Crippen molar-refractivity contribution < 1.29 is 19.4 Å². The average Bonchev–Trinajstić information content (AvgIpc) is 3.24. The molecule has 1 fully saturated rings. The number of anilines is 2. The largest absolute Gasteiger partial charge is 0.400 e. The SMILES string of the molecule is C=C.CO.O=C(Nc1nc2ccccc2s1)N1CCN(c2ncc(CCO)cc2F)CC1. The molecule has 0 aliphatic carbocycles. The van der Waals surface area contributed by atoms with Crippen molar-refractivity contribution in [1.82, 2.24) is 14.9 Å². The number of pyridine rings is 1. The van der Waals surface area contributed by atoms with Crippen molar-refractivity contribution in [2.45, 2.75) is 6.42 Å². The third-order valence-electron chi connectivity index (χ3n) is 4.65. The number of carbonyl (C=O) groups is 1. The highest BCUT2D eigenvalue weighted by atomic mass is 32.1. The Hall–Kier alpha value is -3.08. The van der Waals surface area contributed by atoms with Gasteiger partial charge in [0.2, 0.25) is 0 Å². The van der Waals surface area contributed by atoms with Crippen LogP contribution in [0.15, 0.2) is 49.7 Å². The number of para-hydroxylation sites is 1. The molecule has 10 heteroatoms. The summed E-state index contributed by atoms with van der Waals surface area (Å²) >= 11 is 1.44. The van der Waals surface area contributed by atoms with E-state index in [9.17, 15) is 9.18 Å². The molecule has 0 bridgehead atoms. The highest BCUT2D eigenvalue weighted by Crippen LogP contribution is 2.26. The summed E-state index contributed by atoms with van der Waals surface area (Å²) in [5, 5.41) is 19.4. The number of aliphatic hydroxyl groups excluding tert-OH is 2. The van der Waals surface area contributed by atoms with E-state index in [0.29, 0.717) is 43.3 Å². The molecule has 3 N–H and O–H groups in total. The van der Waals surface area contributed by atoms with Gasteiger partial charge in [-0.25, -0.2) is 19.2 Å². The number of nitrogens with one attached hydrogen (secondary N) is 1. The average molecular weight is 462 g/mol. The number of rotatable bonds is 4. The van der Waals surface area contributed by atoms with Gasteiger partial charge in [-0.1, -0.05) is 23.5 Å². The van der Waals surface area contributed by atoms with Crippen molar-refractivity contribution in [3.8, 4) is 0 Å². The smallest absolute Gasteiger partial charge is 0.323 e. The number of urea groups is 1. The first kappa shape index (κ1) is 25.2. The fourth-order valence-electron chi connectivity index (χ4n) is 3.19. The van der Waals surface area contributed by atoms with Gasteiger partial charge in [-0.15, -0.1) is 13.2 Å². The molecular weight excluding hydrogens is 433 g/mol. The number of fused-ring (bicyclic) bond motifs is 1. The van der Waals surface area contributed by atoms with Gasteiger partial charge in [0.1, 0.15) is 0 Å². The molecule has 172 valence electrons. The van der Waals surface area contributed by atoms with Gasteiger partial charge in [0, 0.05) is 46.1 Å². The Morgan fingerprint density at radius 3 is 2.53 bits per heavy atom. The molecule has 0 atom stereocenters. The number of thiazole rings is 1. The zero-order valence-electron chi connectivity index (χ0n) is 18.0. The molecule has 3 aromatic rings. The van der Waals surface area contributed by atoms with Gasteiger partial charge in [0.15, 0.2) is 16.8 Å². The molecule has 1 aromatic carbocycles. The van der Waals surface area contributed by atoms with Crippen molar-refractivity contribution in [2.75, 3.05) is 50.1 Å². The van der Waals surface area contributed by atoms with E-state index in [2.05, 4.69) is 28.4 Å². The molecule has 32 heavy (non-hydrogen) atoms. The van der Waals surface area contributed by atoms with Crippen molar-refractivity contribution in [3.63, 3.8) is 0 Å². The fourth-order valence-corrected chi connectivity index (χ4v) is 4.04. The van der Waals surface area contributed by atoms with Crippen LogP contribution in [0.5, 0.6) is 0 Å². The molecule has 2 amide bonds. The summed E-state index contributed by atoms with van der Waals surface area (Å²) in [5.41, 5.74) is 1.52. The van der Waals surface area contributed by atoms with Crippen LogP contribution in [0.4, 0.5) is 20.1 Å². The third-order valence-corrected chi connectivity index (χ3v) is 5.60. The van der Waals surface area contributed by atoms with Crippen LogP contribution in [0.2, 0.25) is 0 Å². The Morgan fingerprint density at radius 1 is 1.22 bits per heavy atom. The Morgan fingerprint density at radius 2 is 1.91 bits per heavy atom. The number of piperazine rings is 1. The van der Waals surface area contributed by atoms with Crippen molar-refractivity contribution in [1.29, 1.82) is 0 Å². The standard InChI is InChI=1S/C19H20FN5O2S.C2H4.CH4O/c20-14-11-13(5-10-26)12-21-17(14)24-6-8-25(9-7-24)19(27)23-18-22-15-3-1-2-4-16(15)28-18;2*1-2/h1-4,11-12,26H,5-10H2,(H,22,23,27);1-2H2;2H,1H3. The third kappa shape index (κ3) is 6.22. The van der Waals surface area contributed by atoms with Crippen LogP contribution >= 0.6 is 11.3 Å². The summed E-state index contributed by atoms with van der Waals surface area (Å²) in [6, 6.07) is 8.93. The number of halogens is 1. The minimum Gasteiger partial charge on any atom is -0.400 e. The van der Waals surface area contributed by atoms with E-state index in [-0.39, 0.29) is 18.5 Å². The number of carbonyl (C=O) groups excluding carboxylic acids is 1. The van der Waals surface area contributed by atoms with Crippen LogP contribution in [0.25, 0.3) is 10.2 Å². The molecule has 2 aromatic heterocycles. The fraction of sp³-hybridized carbons (Fsp3) is 0.318. The zero-order valence-corrected chi connectivity index (χ0v) is 18.8. The van der Waals surface area contributed by atoms with Crippen LogP contribution in [-0.4, -0.2) is 71.0 Å². The number of hydrogen-bond donors (Lipinski definition) is 3. The molecule has 0 unspecified atom stereocenters. The van der Waals surface area contributed by atoms with Crippen molar-refractivity contribution in [2.24, 2.45) is 0 Å². The Labute approximate surface area is 190 Å². The molecule has 0 saturated carbocycles. The van der Waals surface area contributed by atoms with Gasteiger partial charge < -0.3 is 20.0 Å². The van der Waals surface area contributed by atoms with Gasteiger partial charge in [0.05, 0.1) is 10.2 Å². The molecule has 1 aliphatic heterocycles. The van der Waals surface area contributed by atoms with Gasteiger partial charge in [-0.05, 0) is 30.2 Å². The van der Waals surface area contributed by atoms with Crippen LogP contribution in [-0.2, 0) is 6.42 Å². The first-order valence-electron chi connectivity index (χ1n) is 10.0. The van der Waals surface area contributed by atoms with E-state index < -0.39 is 5.82 Å². The molecule has 8 nitrogen and oxygen atoms in total. The van der Waals surface area contributed by atoms with Crippen LogP contribution < -0.4 is 10.2 Å². The molecular formula is C22H28FN5O3S. The molecule has 3 heterocycles. The predicted molar refractivity (Wildman–Crippen MR) is 127 cm³/mol. The molecule has 0 spiro atoms.